The Morgan fingerprint density at radius 2 is 2.33 bits per heavy atom. The first-order valence-electron chi connectivity index (χ1n) is 4.97. The number of nitrogens with zero attached hydrogens (tertiary/aromatic N) is 2. The minimum Gasteiger partial charge on any atom is -0.463 e. The molecule has 0 fully saturated rings. The lowest BCUT2D eigenvalue weighted by Gasteiger charge is -2.03. The SMILES string of the molecule is CCn1cc(C(O)c2ccc(C)o2)cn1. The minimum atomic E-state index is -0.723. The molecule has 2 aromatic heterocycles. The lowest BCUT2D eigenvalue weighted by atomic mass is 10.1. The summed E-state index contributed by atoms with van der Waals surface area (Å²) >= 11 is 0. The van der Waals surface area contributed by atoms with Gasteiger partial charge in [0.1, 0.15) is 17.6 Å². The highest BCUT2D eigenvalue weighted by Gasteiger charge is 2.15. The van der Waals surface area contributed by atoms with Crippen molar-refractivity contribution in [2.24, 2.45) is 0 Å². The maximum atomic E-state index is 9.97. The lowest BCUT2D eigenvalue weighted by Crippen LogP contribution is -1.97. The number of furan rings is 1. The zero-order valence-electron chi connectivity index (χ0n) is 8.84. The third-order valence-electron chi connectivity index (χ3n) is 2.32. The molecule has 2 heterocycles. The molecular weight excluding hydrogens is 192 g/mol. The molecule has 1 N–H and O–H groups in total. The van der Waals surface area contributed by atoms with Crippen molar-refractivity contribution in [1.82, 2.24) is 9.78 Å². The summed E-state index contributed by atoms with van der Waals surface area (Å²) in [6, 6.07) is 3.62. The van der Waals surface area contributed by atoms with Crippen LogP contribution in [-0.2, 0) is 6.54 Å². The summed E-state index contributed by atoms with van der Waals surface area (Å²) in [6.07, 6.45) is 2.76. The first-order valence-corrected chi connectivity index (χ1v) is 4.97. The molecule has 4 nitrogen and oxygen atoms in total. The summed E-state index contributed by atoms with van der Waals surface area (Å²) in [5.74, 6) is 1.36. The van der Waals surface area contributed by atoms with Gasteiger partial charge < -0.3 is 9.52 Å². The molecule has 1 atom stereocenters. The van der Waals surface area contributed by atoms with Gasteiger partial charge in [0.25, 0.3) is 0 Å². The van der Waals surface area contributed by atoms with Gasteiger partial charge in [0.2, 0.25) is 0 Å². The van der Waals surface area contributed by atoms with Crippen molar-refractivity contribution in [2.75, 3.05) is 0 Å². The van der Waals surface area contributed by atoms with Gasteiger partial charge in [-0.2, -0.15) is 5.10 Å². The number of rotatable bonds is 3. The smallest absolute Gasteiger partial charge is 0.140 e. The molecule has 0 radical (unpaired) electrons. The van der Waals surface area contributed by atoms with Gasteiger partial charge in [0.05, 0.1) is 6.20 Å². The number of aryl methyl sites for hydroxylation is 2. The Hall–Kier alpha value is -1.55. The van der Waals surface area contributed by atoms with E-state index in [4.69, 9.17) is 4.42 Å². The van der Waals surface area contributed by atoms with Crippen LogP contribution in [0.25, 0.3) is 0 Å². The fourth-order valence-corrected chi connectivity index (χ4v) is 1.46. The Labute approximate surface area is 88.1 Å². The highest BCUT2D eigenvalue weighted by atomic mass is 16.4. The Bertz CT molecular complexity index is 445. The van der Waals surface area contributed by atoms with E-state index in [-0.39, 0.29) is 0 Å². The number of hydrogen-bond acceptors (Lipinski definition) is 3. The van der Waals surface area contributed by atoms with Crippen LogP contribution in [0.4, 0.5) is 0 Å². The average molecular weight is 206 g/mol. The highest BCUT2D eigenvalue weighted by molar-refractivity contribution is 5.20. The Morgan fingerprint density at radius 3 is 2.87 bits per heavy atom. The van der Waals surface area contributed by atoms with E-state index in [2.05, 4.69) is 5.10 Å². The van der Waals surface area contributed by atoms with Crippen LogP contribution >= 0.6 is 0 Å². The number of aromatic nitrogens is 2. The summed E-state index contributed by atoms with van der Waals surface area (Å²) in [6.45, 7) is 4.65. The average Bonchev–Trinajstić information content (AvgIpc) is 2.84. The van der Waals surface area contributed by atoms with Crippen LogP contribution in [0.15, 0.2) is 28.9 Å². The van der Waals surface area contributed by atoms with Crippen molar-refractivity contribution < 1.29 is 9.52 Å². The molecule has 0 amide bonds. The largest absolute Gasteiger partial charge is 0.463 e. The molecule has 0 aromatic carbocycles. The molecule has 15 heavy (non-hydrogen) atoms. The van der Waals surface area contributed by atoms with E-state index in [1.807, 2.05) is 26.1 Å². The predicted octanol–water partition coefficient (Wildman–Crippen LogP) is 1.89. The summed E-state index contributed by atoms with van der Waals surface area (Å²) in [5, 5.41) is 14.1. The van der Waals surface area contributed by atoms with E-state index in [1.165, 1.54) is 0 Å². The molecule has 2 rings (SSSR count). The van der Waals surface area contributed by atoms with Gasteiger partial charge in [-0.15, -0.1) is 0 Å². The van der Waals surface area contributed by atoms with Crippen LogP contribution in [0.3, 0.4) is 0 Å². The van der Waals surface area contributed by atoms with Crippen molar-refractivity contribution in [1.29, 1.82) is 0 Å². The fraction of sp³-hybridized carbons (Fsp3) is 0.364. The number of aliphatic hydroxyl groups excluding tert-OH is 1. The third kappa shape index (κ3) is 1.94. The van der Waals surface area contributed by atoms with Gasteiger partial charge in [-0.3, -0.25) is 4.68 Å². The maximum Gasteiger partial charge on any atom is 0.140 e. The molecule has 0 aliphatic rings. The second-order valence-corrected chi connectivity index (χ2v) is 3.48. The van der Waals surface area contributed by atoms with Crippen molar-refractivity contribution in [2.45, 2.75) is 26.5 Å². The number of aliphatic hydroxyl groups is 1. The van der Waals surface area contributed by atoms with Crippen LogP contribution in [0, 0.1) is 6.92 Å². The van der Waals surface area contributed by atoms with E-state index in [0.29, 0.717) is 5.76 Å². The Kier molecular flexibility index (Phi) is 2.60. The molecule has 4 heteroatoms. The first kappa shape index (κ1) is 9.98. The lowest BCUT2D eigenvalue weighted by molar-refractivity contribution is 0.187. The normalized spacial score (nSPS) is 13.0. The molecule has 0 aliphatic carbocycles. The van der Waals surface area contributed by atoms with Crippen LogP contribution in [0.1, 0.15) is 30.1 Å². The summed E-state index contributed by atoms with van der Waals surface area (Å²) in [4.78, 5) is 0. The Morgan fingerprint density at radius 1 is 1.53 bits per heavy atom. The van der Waals surface area contributed by atoms with E-state index in [0.717, 1.165) is 17.9 Å². The van der Waals surface area contributed by atoms with E-state index in [1.54, 1.807) is 16.9 Å². The minimum absolute atomic E-state index is 0.558. The molecule has 0 aliphatic heterocycles. The van der Waals surface area contributed by atoms with Crippen LogP contribution in [0.5, 0.6) is 0 Å². The number of hydrogen-bond donors (Lipinski definition) is 1. The van der Waals surface area contributed by atoms with Gasteiger partial charge >= 0.3 is 0 Å². The van der Waals surface area contributed by atoms with Crippen LogP contribution in [-0.4, -0.2) is 14.9 Å². The third-order valence-corrected chi connectivity index (χ3v) is 2.32. The van der Waals surface area contributed by atoms with Crippen molar-refractivity contribution >= 4 is 0 Å². The fourth-order valence-electron chi connectivity index (χ4n) is 1.46. The van der Waals surface area contributed by atoms with Crippen LogP contribution < -0.4 is 0 Å². The molecule has 0 saturated carbocycles. The highest BCUT2D eigenvalue weighted by Crippen LogP contribution is 2.22. The van der Waals surface area contributed by atoms with Crippen molar-refractivity contribution in [3.8, 4) is 0 Å². The molecule has 1 unspecified atom stereocenters. The maximum absolute atomic E-state index is 9.97. The molecule has 0 saturated heterocycles. The first-order chi connectivity index (χ1) is 7.20. The van der Waals surface area contributed by atoms with Gasteiger partial charge in [-0.05, 0) is 26.0 Å². The molecule has 0 bridgehead atoms. The second kappa shape index (κ2) is 3.90. The van der Waals surface area contributed by atoms with Crippen molar-refractivity contribution in [3.63, 3.8) is 0 Å². The van der Waals surface area contributed by atoms with Crippen molar-refractivity contribution in [3.05, 3.63) is 41.6 Å². The van der Waals surface area contributed by atoms with E-state index >= 15 is 0 Å². The summed E-state index contributed by atoms with van der Waals surface area (Å²) in [5.41, 5.74) is 0.756. The predicted molar refractivity (Wildman–Crippen MR) is 55.4 cm³/mol. The molecular formula is C11H14N2O2. The van der Waals surface area contributed by atoms with E-state index < -0.39 is 6.10 Å². The zero-order chi connectivity index (χ0) is 10.8. The molecule has 80 valence electrons. The van der Waals surface area contributed by atoms with Gasteiger partial charge in [0, 0.05) is 18.3 Å². The van der Waals surface area contributed by atoms with Gasteiger partial charge in [-0.25, -0.2) is 0 Å². The quantitative estimate of drug-likeness (QED) is 0.834. The monoisotopic (exact) mass is 206 g/mol. The molecule has 0 spiro atoms. The topological polar surface area (TPSA) is 51.2 Å². The molecule has 2 aromatic rings. The summed E-state index contributed by atoms with van der Waals surface area (Å²) in [7, 11) is 0. The van der Waals surface area contributed by atoms with Gasteiger partial charge in [-0.1, -0.05) is 0 Å². The second-order valence-electron chi connectivity index (χ2n) is 3.48. The Balaban J connectivity index is 2.23. The van der Waals surface area contributed by atoms with E-state index in [9.17, 15) is 5.11 Å². The van der Waals surface area contributed by atoms with Gasteiger partial charge in [0.15, 0.2) is 0 Å². The van der Waals surface area contributed by atoms with Crippen LogP contribution in [0.2, 0.25) is 0 Å². The zero-order valence-corrected chi connectivity index (χ0v) is 8.84. The standard InChI is InChI=1S/C11H14N2O2/c1-3-13-7-9(6-12-13)11(14)10-5-4-8(2)15-10/h4-7,11,14H,3H2,1-2H3. The summed E-state index contributed by atoms with van der Waals surface area (Å²) < 4.78 is 7.13.